The second-order valence-corrected chi connectivity index (χ2v) is 5.47. The molecule has 2 atom stereocenters. The Kier molecular flexibility index (Phi) is 3.16. The molecule has 2 aliphatic carbocycles. The van der Waals surface area contributed by atoms with E-state index in [9.17, 15) is 5.11 Å². The van der Waals surface area contributed by atoms with Gasteiger partial charge in [-0.15, -0.1) is 0 Å². The smallest absolute Gasteiger partial charge is 0.0701 e. The van der Waals surface area contributed by atoms with Gasteiger partial charge in [0.15, 0.2) is 0 Å². The van der Waals surface area contributed by atoms with Crippen LogP contribution in [0.3, 0.4) is 0 Å². The van der Waals surface area contributed by atoms with Crippen molar-refractivity contribution in [3.63, 3.8) is 0 Å². The van der Waals surface area contributed by atoms with E-state index in [1.165, 1.54) is 51.4 Å². The molecule has 2 fully saturated rings. The molecule has 0 amide bonds. The standard InChI is InChI=1S/C13H24O/c1-11-7-5-6-10-13(11,14)12-8-3-2-4-9-12/h11-12,14H,2-10H2,1H3. The number of rotatable bonds is 1. The number of hydrogen-bond acceptors (Lipinski definition) is 1. The van der Waals surface area contributed by atoms with Gasteiger partial charge in [0.05, 0.1) is 5.60 Å². The Balaban J connectivity index is 2.03. The minimum Gasteiger partial charge on any atom is -0.389 e. The largest absolute Gasteiger partial charge is 0.389 e. The Hall–Kier alpha value is -0.0400. The first-order valence-corrected chi connectivity index (χ1v) is 6.46. The molecule has 1 nitrogen and oxygen atoms in total. The van der Waals surface area contributed by atoms with E-state index in [-0.39, 0.29) is 5.60 Å². The van der Waals surface area contributed by atoms with Gasteiger partial charge >= 0.3 is 0 Å². The van der Waals surface area contributed by atoms with Crippen LogP contribution in [0.1, 0.15) is 64.7 Å². The van der Waals surface area contributed by atoms with Gasteiger partial charge in [-0.3, -0.25) is 0 Å². The van der Waals surface area contributed by atoms with Crippen molar-refractivity contribution in [2.45, 2.75) is 70.3 Å². The second kappa shape index (κ2) is 4.22. The van der Waals surface area contributed by atoms with E-state index in [2.05, 4.69) is 6.92 Å². The average Bonchev–Trinajstić information content (AvgIpc) is 2.24. The molecule has 2 aliphatic rings. The normalized spacial score (nSPS) is 41.1. The molecule has 0 radical (unpaired) electrons. The van der Waals surface area contributed by atoms with Crippen molar-refractivity contribution in [1.82, 2.24) is 0 Å². The second-order valence-electron chi connectivity index (χ2n) is 5.47. The third-order valence-corrected chi connectivity index (χ3v) is 4.63. The highest BCUT2D eigenvalue weighted by atomic mass is 16.3. The van der Waals surface area contributed by atoms with E-state index in [4.69, 9.17) is 0 Å². The monoisotopic (exact) mass is 196 g/mol. The zero-order valence-corrected chi connectivity index (χ0v) is 9.47. The predicted molar refractivity (Wildman–Crippen MR) is 59.2 cm³/mol. The number of hydrogen-bond donors (Lipinski definition) is 1. The summed E-state index contributed by atoms with van der Waals surface area (Å²) < 4.78 is 0. The third kappa shape index (κ3) is 1.84. The van der Waals surface area contributed by atoms with E-state index in [0.717, 1.165) is 6.42 Å². The van der Waals surface area contributed by atoms with Gasteiger partial charge < -0.3 is 5.11 Å². The molecule has 0 aromatic heterocycles. The average molecular weight is 196 g/mol. The minimum absolute atomic E-state index is 0.293. The fourth-order valence-corrected chi connectivity index (χ4v) is 3.56. The van der Waals surface area contributed by atoms with Crippen LogP contribution < -0.4 is 0 Å². The van der Waals surface area contributed by atoms with Crippen molar-refractivity contribution >= 4 is 0 Å². The van der Waals surface area contributed by atoms with Crippen LogP contribution in [0.4, 0.5) is 0 Å². The maximum atomic E-state index is 10.8. The summed E-state index contributed by atoms with van der Waals surface area (Å²) >= 11 is 0. The molecule has 2 unspecified atom stereocenters. The summed E-state index contributed by atoms with van der Waals surface area (Å²) in [5.74, 6) is 1.16. The fourth-order valence-electron chi connectivity index (χ4n) is 3.56. The third-order valence-electron chi connectivity index (χ3n) is 4.63. The van der Waals surface area contributed by atoms with E-state index in [1.807, 2.05) is 0 Å². The first-order chi connectivity index (χ1) is 6.73. The molecule has 0 bridgehead atoms. The molecule has 0 aliphatic heterocycles. The number of aliphatic hydroxyl groups is 1. The minimum atomic E-state index is -0.293. The highest BCUT2D eigenvalue weighted by molar-refractivity contribution is 4.94. The van der Waals surface area contributed by atoms with Crippen LogP contribution in [0.5, 0.6) is 0 Å². The molecule has 0 saturated heterocycles. The summed E-state index contributed by atoms with van der Waals surface area (Å²) in [5.41, 5.74) is -0.293. The highest BCUT2D eigenvalue weighted by Crippen LogP contribution is 2.44. The topological polar surface area (TPSA) is 20.2 Å². The molecule has 0 aromatic rings. The van der Waals surface area contributed by atoms with Gasteiger partial charge in [-0.05, 0) is 37.5 Å². The van der Waals surface area contributed by atoms with Gasteiger partial charge in [-0.25, -0.2) is 0 Å². The molecule has 1 heteroatoms. The first-order valence-electron chi connectivity index (χ1n) is 6.46. The van der Waals surface area contributed by atoms with Crippen molar-refractivity contribution in [2.24, 2.45) is 11.8 Å². The summed E-state index contributed by atoms with van der Waals surface area (Å²) in [6, 6.07) is 0. The first kappa shape index (κ1) is 10.5. The summed E-state index contributed by atoms with van der Waals surface area (Å²) in [6.45, 7) is 2.26. The Bertz CT molecular complexity index is 184. The summed E-state index contributed by atoms with van der Waals surface area (Å²) in [5, 5.41) is 10.8. The van der Waals surface area contributed by atoms with Crippen LogP contribution in [-0.2, 0) is 0 Å². The molecular formula is C13H24O. The van der Waals surface area contributed by atoms with Crippen LogP contribution >= 0.6 is 0 Å². The SMILES string of the molecule is CC1CCCCC1(O)C1CCCCC1. The van der Waals surface area contributed by atoms with Crippen LogP contribution in [0.15, 0.2) is 0 Å². The van der Waals surface area contributed by atoms with E-state index >= 15 is 0 Å². The van der Waals surface area contributed by atoms with Crippen molar-refractivity contribution in [1.29, 1.82) is 0 Å². The maximum Gasteiger partial charge on any atom is 0.0701 e. The van der Waals surface area contributed by atoms with Gasteiger partial charge in [0.1, 0.15) is 0 Å². The van der Waals surface area contributed by atoms with Crippen LogP contribution in [0.25, 0.3) is 0 Å². The van der Waals surface area contributed by atoms with E-state index in [1.54, 1.807) is 0 Å². The molecule has 0 heterocycles. The Labute approximate surface area is 87.9 Å². The van der Waals surface area contributed by atoms with Gasteiger partial charge in [0.25, 0.3) is 0 Å². The van der Waals surface area contributed by atoms with Gasteiger partial charge in [-0.2, -0.15) is 0 Å². The molecule has 82 valence electrons. The maximum absolute atomic E-state index is 10.8. The lowest BCUT2D eigenvalue weighted by atomic mass is 9.65. The summed E-state index contributed by atoms with van der Waals surface area (Å²) in [6.07, 6.45) is 11.5. The molecule has 0 aromatic carbocycles. The lowest BCUT2D eigenvalue weighted by Crippen LogP contribution is -2.46. The Morgan fingerprint density at radius 2 is 1.57 bits per heavy atom. The van der Waals surface area contributed by atoms with Gasteiger partial charge in [0.2, 0.25) is 0 Å². The van der Waals surface area contributed by atoms with Crippen molar-refractivity contribution in [3.8, 4) is 0 Å². The Morgan fingerprint density at radius 3 is 2.21 bits per heavy atom. The fraction of sp³-hybridized carbons (Fsp3) is 1.00. The molecule has 2 saturated carbocycles. The van der Waals surface area contributed by atoms with Crippen LogP contribution in [0.2, 0.25) is 0 Å². The lowest BCUT2D eigenvalue weighted by molar-refractivity contribution is -0.0987. The van der Waals surface area contributed by atoms with Crippen molar-refractivity contribution in [3.05, 3.63) is 0 Å². The van der Waals surface area contributed by atoms with E-state index < -0.39 is 0 Å². The van der Waals surface area contributed by atoms with Gasteiger partial charge in [-0.1, -0.05) is 39.0 Å². The molecule has 14 heavy (non-hydrogen) atoms. The van der Waals surface area contributed by atoms with Gasteiger partial charge in [0, 0.05) is 0 Å². The molecule has 0 spiro atoms. The quantitative estimate of drug-likeness (QED) is 0.680. The highest BCUT2D eigenvalue weighted by Gasteiger charge is 2.42. The molecule has 1 N–H and O–H groups in total. The molecular weight excluding hydrogens is 172 g/mol. The molecule has 2 rings (SSSR count). The zero-order chi connectivity index (χ0) is 10.0. The van der Waals surface area contributed by atoms with E-state index in [0.29, 0.717) is 11.8 Å². The summed E-state index contributed by atoms with van der Waals surface area (Å²) in [4.78, 5) is 0. The van der Waals surface area contributed by atoms with Crippen LogP contribution in [0, 0.1) is 11.8 Å². The predicted octanol–water partition coefficient (Wildman–Crippen LogP) is 3.51. The Morgan fingerprint density at radius 1 is 0.929 bits per heavy atom. The van der Waals surface area contributed by atoms with Crippen molar-refractivity contribution < 1.29 is 5.11 Å². The van der Waals surface area contributed by atoms with Crippen molar-refractivity contribution in [2.75, 3.05) is 0 Å². The zero-order valence-electron chi connectivity index (χ0n) is 9.47. The van der Waals surface area contributed by atoms with Crippen LogP contribution in [-0.4, -0.2) is 10.7 Å². The summed E-state index contributed by atoms with van der Waals surface area (Å²) in [7, 11) is 0. The lowest BCUT2D eigenvalue weighted by Gasteiger charge is -2.45.